The lowest BCUT2D eigenvalue weighted by molar-refractivity contribution is 0.544. The van der Waals surface area contributed by atoms with Crippen LogP contribution in [0.1, 0.15) is 35.0 Å². The monoisotopic (exact) mass is 88.1 g/mol. The van der Waals surface area contributed by atoms with Gasteiger partial charge in [-0.2, -0.15) is 0 Å². The Balaban J connectivity index is 3.36. The fourth-order valence-corrected chi connectivity index (χ4v) is 0.250. The Morgan fingerprint density at radius 1 is 1.50 bits per heavy atom. The van der Waals surface area contributed by atoms with Crippen LogP contribution in [-0.2, 0) is 0 Å². The third-order valence-corrected chi connectivity index (χ3v) is 1.21. The van der Waals surface area contributed by atoms with E-state index in [1.165, 1.54) is 0 Å². The molecule has 0 unspecified atom stereocenters. The van der Waals surface area contributed by atoms with Crippen molar-refractivity contribution in [1.29, 1.82) is 0 Å². The first kappa shape index (κ1) is 4.17. The second-order valence-electron chi connectivity index (χ2n) is 1.66. The molecule has 0 heteroatoms. The topological polar surface area (TPSA) is 0 Å². The van der Waals surface area contributed by atoms with E-state index in [1.807, 2.05) is 6.92 Å². The summed E-state index contributed by atoms with van der Waals surface area (Å²) in [7, 11) is 0. The second kappa shape index (κ2) is 3.20. The van der Waals surface area contributed by atoms with Crippen LogP contribution in [0.25, 0.3) is 0 Å². The van der Waals surface area contributed by atoms with Gasteiger partial charge in [-0.05, 0) is 5.89 Å². The highest BCUT2D eigenvalue weighted by atomic mass is 13.9. The predicted octanol–water partition coefficient (Wildman–Crippen LogP) is 2.44. The quantitative estimate of drug-likeness (QED) is 0.486. The lowest BCUT2D eigenvalue weighted by Gasteiger charge is -1.98. The Kier molecular flexibility index (Phi) is 2.22. The molecule has 0 aromatic carbocycles. The molecular weight excluding hydrogens is 72.1 g/mol. The molecule has 0 amide bonds. The lowest BCUT2D eigenvalue weighted by Crippen LogP contribution is -1.85. The van der Waals surface area contributed by atoms with E-state index in [0.717, 1.165) is 12.8 Å². The van der Waals surface area contributed by atoms with E-state index in [1.54, 1.807) is 0 Å². The van der Waals surface area contributed by atoms with Crippen molar-refractivity contribution in [2.45, 2.75) is 33.6 Å². The average molecular weight is 88.2 g/mol. The Labute approximate surface area is 42.0 Å². The van der Waals surface area contributed by atoms with E-state index in [2.05, 4.69) is 13.8 Å². The van der Waals surface area contributed by atoms with Crippen LogP contribution in [0, 0.1) is 5.89 Å². The molecule has 6 heavy (non-hydrogen) atoms. The summed E-state index contributed by atoms with van der Waals surface area (Å²) in [6, 6.07) is 0. The van der Waals surface area contributed by atoms with E-state index in [0.29, 0.717) is 0 Å². The third kappa shape index (κ3) is 2.25. The summed E-state index contributed by atoms with van der Waals surface area (Å²) < 4.78 is 7.42. The zero-order valence-electron chi connectivity index (χ0n) is 5.91. The van der Waals surface area contributed by atoms with Gasteiger partial charge in [0.2, 0.25) is 0 Å². The van der Waals surface area contributed by atoms with Gasteiger partial charge in [-0.25, -0.2) is 0 Å². The minimum Gasteiger partial charge on any atom is -0.0651 e. The van der Waals surface area contributed by atoms with Crippen molar-refractivity contribution in [3.63, 3.8) is 0 Å². The van der Waals surface area contributed by atoms with Crippen molar-refractivity contribution in [1.82, 2.24) is 0 Å². The van der Waals surface area contributed by atoms with E-state index in [9.17, 15) is 0 Å². The molecule has 0 N–H and O–H groups in total. The maximum absolute atomic E-state index is 7.42. The highest BCUT2D eigenvalue weighted by Crippen LogP contribution is 2.02. The van der Waals surface area contributed by atoms with Gasteiger partial charge in [0, 0.05) is 1.37 Å². The van der Waals surface area contributed by atoms with Crippen LogP contribution in [0.5, 0.6) is 0 Å². The van der Waals surface area contributed by atoms with Gasteiger partial charge >= 0.3 is 0 Å². The molecule has 0 aromatic heterocycles. The Morgan fingerprint density at radius 3 is 1.83 bits per heavy atom. The normalized spacial score (nSPS) is 14.2. The van der Waals surface area contributed by atoms with Crippen LogP contribution in [0.3, 0.4) is 0 Å². The molecule has 0 atom stereocenters. The smallest absolute Gasteiger partial charge is 0.0300 e. The molecular formula is C6H14. The maximum atomic E-state index is 7.42. The molecule has 0 nitrogen and oxygen atoms in total. The third-order valence-electron chi connectivity index (χ3n) is 1.21. The van der Waals surface area contributed by atoms with Crippen LogP contribution in [0.2, 0.25) is 0 Å². The molecule has 0 aromatic rings. The molecule has 0 fully saturated rings. The average Bonchev–Trinajstić information content (AvgIpc) is 1.68. The van der Waals surface area contributed by atoms with Crippen LogP contribution in [0.15, 0.2) is 0 Å². The van der Waals surface area contributed by atoms with Gasteiger partial charge in [-0.1, -0.05) is 33.6 Å². The van der Waals surface area contributed by atoms with Gasteiger partial charge in [0.1, 0.15) is 0 Å². The van der Waals surface area contributed by atoms with Gasteiger partial charge in [-0.15, -0.1) is 0 Å². The summed E-state index contributed by atoms with van der Waals surface area (Å²) in [5.74, 6) is -0.167. The molecule has 0 radical (unpaired) electrons. The molecule has 0 spiro atoms. The van der Waals surface area contributed by atoms with E-state index >= 15 is 0 Å². The lowest BCUT2D eigenvalue weighted by atomic mass is 10.1. The summed E-state index contributed by atoms with van der Waals surface area (Å²) in [6.45, 7) is 6.07. The fourth-order valence-electron chi connectivity index (χ4n) is 0.250. The molecule has 0 aliphatic heterocycles. The number of rotatable bonds is 2. The number of hydrogen-bond acceptors (Lipinski definition) is 0. The van der Waals surface area contributed by atoms with E-state index < -0.39 is 0 Å². The van der Waals surface area contributed by atoms with Gasteiger partial charge in [0.15, 0.2) is 0 Å². The second-order valence-corrected chi connectivity index (χ2v) is 1.66. The van der Waals surface area contributed by atoms with Crippen LogP contribution < -0.4 is 0 Å². The molecule has 0 saturated heterocycles. The summed E-state index contributed by atoms with van der Waals surface area (Å²) in [4.78, 5) is 0. The molecule has 0 heterocycles. The van der Waals surface area contributed by atoms with Crippen LogP contribution >= 0.6 is 0 Å². The van der Waals surface area contributed by atoms with Crippen molar-refractivity contribution in [3.8, 4) is 0 Å². The Bertz CT molecular complexity index is 42.1. The predicted molar refractivity (Wildman–Crippen MR) is 29.7 cm³/mol. The highest BCUT2D eigenvalue weighted by molar-refractivity contribution is 4.41. The van der Waals surface area contributed by atoms with Crippen molar-refractivity contribution < 1.29 is 1.37 Å². The molecule has 0 saturated carbocycles. The first-order valence-corrected chi connectivity index (χ1v) is 2.62. The maximum Gasteiger partial charge on any atom is 0.0300 e. The molecule has 38 valence electrons. The fraction of sp³-hybridized carbons (Fsp3) is 1.00. The zero-order valence-corrected chi connectivity index (χ0v) is 4.91. The molecule has 0 aliphatic carbocycles. The van der Waals surface area contributed by atoms with Crippen molar-refractivity contribution in [2.24, 2.45) is 5.89 Å². The van der Waals surface area contributed by atoms with Gasteiger partial charge in [0.05, 0.1) is 0 Å². The zero-order chi connectivity index (χ0) is 5.91. The summed E-state index contributed by atoms with van der Waals surface area (Å²) >= 11 is 0. The SMILES string of the molecule is [3H]C(C)(CC)CC. The van der Waals surface area contributed by atoms with E-state index in [4.69, 9.17) is 1.37 Å². The minimum atomic E-state index is -0.167. The van der Waals surface area contributed by atoms with Gasteiger partial charge < -0.3 is 0 Å². The largest absolute Gasteiger partial charge is 0.0651 e. The van der Waals surface area contributed by atoms with E-state index in [-0.39, 0.29) is 5.89 Å². The Hall–Kier alpha value is 0. The van der Waals surface area contributed by atoms with Gasteiger partial charge in [0.25, 0.3) is 0 Å². The Morgan fingerprint density at radius 2 is 1.83 bits per heavy atom. The van der Waals surface area contributed by atoms with Crippen molar-refractivity contribution in [2.75, 3.05) is 0 Å². The standard InChI is InChI=1S/C6H14/c1-4-6(3)5-2/h6H,4-5H2,1-3H3/i6T. The summed E-state index contributed by atoms with van der Waals surface area (Å²) in [5, 5.41) is 0. The molecule has 0 rings (SSSR count). The first-order valence-electron chi connectivity index (χ1n) is 3.12. The summed E-state index contributed by atoms with van der Waals surface area (Å²) in [6.07, 6.45) is 1.92. The van der Waals surface area contributed by atoms with Crippen molar-refractivity contribution >= 4 is 0 Å². The first-order chi connectivity index (χ1) is 3.12. The summed E-state index contributed by atoms with van der Waals surface area (Å²) in [5.41, 5.74) is 0. The molecule has 0 aliphatic rings. The van der Waals surface area contributed by atoms with Crippen LogP contribution in [0.4, 0.5) is 0 Å². The minimum absolute atomic E-state index is 0.167. The highest BCUT2D eigenvalue weighted by Gasteiger charge is 1.88. The van der Waals surface area contributed by atoms with Gasteiger partial charge in [-0.3, -0.25) is 0 Å². The molecule has 0 bridgehead atoms. The van der Waals surface area contributed by atoms with Crippen LogP contribution in [-0.4, -0.2) is 0 Å². The number of hydrogen-bond donors (Lipinski definition) is 0. The van der Waals surface area contributed by atoms with Crippen molar-refractivity contribution in [3.05, 3.63) is 0 Å².